The molecule has 0 unspecified atom stereocenters. The number of hydrazine groups is 1. The number of hydrogen-bond donors (Lipinski definition) is 2. The van der Waals surface area contributed by atoms with E-state index in [4.69, 9.17) is 0 Å². The summed E-state index contributed by atoms with van der Waals surface area (Å²) in [4.78, 5) is 0. The van der Waals surface area contributed by atoms with Gasteiger partial charge in [0.15, 0.2) is 0 Å². The smallest absolute Gasteiger partial charge is 0.0176 e. The summed E-state index contributed by atoms with van der Waals surface area (Å²) in [5.74, 6) is 8.00. The molecule has 0 radical (unpaired) electrons. The van der Waals surface area contributed by atoms with Crippen molar-refractivity contribution in [2.45, 2.75) is 34.6 Å². The van der Waals surface area contributed by atoms with E-state index in [0.29, 0.717) is 5.41 Å². The molecule has 0 aliphatic rings. The molecule has 0 rings (SSSR count). The molecule has 0 bridgehead atoms. The summed E-state index contributed by atoms with van der Waals surface area (Å²) in [7, 11) is 0. The molecule has 0 saturated carbocycles. The summed E-state index contributed by atoms with van der Waals surface area (Å²) < 4.78 is 0. The van der Waals surface area contributed by atoms with Gasteiger partial charge in [0.05, 0.1) is 0 Å². The molecule has 0 aromatic heterocycles. The Morgan fingerprint density at radius 1 is 1.20 bits per heavy atom. The Balaban J connectivity index is 0. The Bertz CT molecular complexity index is 98.3. The van der Waals surface area contributed by atoms with Crippen molar-refractivity contribution in [1.29, 1.82) is 0 Å². The highest BCUT2D eigenvalue weighted by Gasteiger charge is 2.09. The molecule has 0 heterocycles. The summed E-state index contributed by atoms with van der Waals surface area (Å²) in [6.07, 6.45) is 2.17. The van der Waals surface area contributed by atoms with Crippen LogP contribution in [0.1, 0.15) is 34.6 Å². The molecule has 10 heavy (non-hydrogen) atoms. The molecule has 0 spiro atoms. The SMILES string of the molecule is CC=C(C)C(C)(C)C.NN. The molecule has 0 aromatic rings. The number of rotatable bonds is 0. The van der Waals surface area contributed by atoms with E-state index in [9.17, 15) is 0 Å². The number of nitrogens with two attached hydrogens (primary N) is 2. The van der Waals surface area contributed by atoms with Gasteiger partial charge in [-0.25, -0.2) is 0 Å². The van der Waals surface area contributed by atoms with E-state index in [1.807, 2.05) is 0 Å². The fourth-order valence-corrected chi connectivity index (χ4v) is 0.433. The summed E-state index contributed by atoms with van der Waals surface area (Å²) in [5.41, 5.74) is 1.83. The predicted octanol–water partition coefficient (Wildman–Crippen LogP) is 1.82. The van der Waals surface area contributed by atoms with Crippen LogP contribution in [0.3, 0.4) is 0 Å². The standard InChI is InChI=1S/C8H16.H4N2/c1-6-7(2)8(3,4)5;1-2/h6H,1-5H3;1-2H2. The van der Waals surface area contributed by atoms with Gasteiger partial charge in [0, 0.05) is 0 Å². The zero-order chi connectivity index (χ0) is 8.78. The third-order valence-electron chi connectivity index (χ3n) is 1.62. The van der Waals surface area contributed by atoms with Gasteiger partial charge in [0.1, 0.15) is 0 Å². The second kappa shape index (κ2) is 5.45. The van der Waals surface area contributed by atoms with E-state index in [1.165, 1.54) is 5.57 Å². The first-order valence-corrected chi connectivity index (χ1v) is 3.45. The van der Waals surface area contributed by atoms with Crippen LogP contribution in [0, 0.1) is 5.41 Å². The second-order valence-corrected chi connectivity index (χ2v) is 3.22. The van der Waals surface area contributed by atoms with Gasteiger partial charge in [-0.05, 0) is 19.3 Å². The van der Waals surface area contributed by atoms with Gasteiger partial charge >= 0.3 is 0 Å². The van der Waals surface area contributed by atoms with Crippen LogP contribution in [-0.4, -0.2) is 0 Å². The van der Waals surface area contributed by atoms with Gasteiger partial charge in [-0.1, -0.05) is 32.4 Å². The van der Waals surface area contributed by atoms with Crippen LogP contribution < -0.4 is 11.7 Å². The van der Waals surface area contributed by atoms with Gasteiger partial charge in [-0.2, -0.15) is 0 Å². The maximum Gasteiger partial charge on any atom is -0.0176 e. The van der Waals surface area contributed by atoms with E-state index < -0.39 is 0 Å². The molecular weight excluding hydrogens is 124 g/mol. The fourth-order valence-electron chi connectivity index (χ4n) is 0.433. The highest BCUT2D eigenvalue weighted by atomic mass is 15.0. The zero-order valence-corrected chi connectivity index (χ0v) is 7.73. The minimum absolute atomic E-state index is 0.370. The molecular formula is C8H20N2. The van der Waals surface area contributed by atoms with E-state index in [-0.39, 0.29) is 0 Å². The molecule has 0 aliphatic heterocycles. The van der Waals surface area contributed by atoms with Crippen LogP contribution in [0.15, 0.2) is 11.6 Å². The molecule has 0 atom stereocenters. The van der Waals surface area contributed by atoms with Crippen molar-refractivity contribution in [2.75, 3.05) is 0 Å². The van der Waals surface area contributed by atoms with Gasteiger partial charge in [-0.15, -0.1) is 0 Å². The van der Waals surface area contributed by atoms with Gasteiger partial charge in [0.25, 0.3) is 0 Å². The van der Waals surface area contributed by atoms with Gasteiger partial charge in [-0.3, -0.25) is 11.7 Å². The number of allylic oxidation sites excluding steroid dienone is 2. The Morgan fingerprint density at radius 3 is 1.50 bits per heavy atom. The largest absolute Gasteiger partial charge is 0.274 e. The molecule has 0 amide bonds. The molecule has 0 saturated heterocycles. The van der Waals surface area contributed by atoms with Crippen molar-refractivity contribution in [3.05, 3.63) is 11.6 Å². The molecule has 0 aliphatic carbocycles. The van der Waals surface area contributed by atoms with Crippen molar-refractivity contribution >= 4 is 0 Å². The Morgan fingerprint density at radius 2 is 1.50 bits per heavy atom. The fraction of sp³-hybridized carbons (Fsp3) is 0.750. The molecule has 0 aromatic carbocycles. The van der Waals surface area contributed by atoms with Gasteiger partial charge < -0.3 is 0 Å². The summed E-state index contributed by atoms with van der Waals surface area (Å²) in [5, 5.41) is 0. The second-order valence-electron chi connectivity index (χ2n) is 3.22. The lowest BCUT2D eigenvalue weighted by atomic mass is 9.88. The van der Waals surface area contributed by atoms with Crippen molar-refractivity contribution in [2.24, 2.45) is 17.1 Å². The lowest BCUT2D eigenvalue weighted by Crippen LogP contribution is -2.05. The van der Waals surface area contributed by atoms with Crippen LogP contribution in [0.4, 0.5) is 0 Å². The topological polar surface area (TPSA) is 52.0 Å². The Labute approximate surface area is 64.3 Å². The first-order valence-electron chi connectivity index (χ1n) is 3.45. The molecule has 0 fully saturated rings. The van der Waals surface area contributed by atoms with Crippen molar-refractivity contribution in [1.82, 2.24) is 0 Å². The Hall–Kier alpha value is -0.340. The maximum absolute atomic E-state index is 4.00. The lowest BCUT2D eigenvalue weighted by Gasteiger charge is -2.18. The molecule has 2 nitrogen and oxygen atoms in total. The molecule has 4 N–H and O–H groups in total. The average Bonchev–Trinajstić information content (AvgIpc) is 1.89. The van der Waals surface area contributed by atoms with Crippen LogP contribution >= 0.6 is 0 Å². The van der Waals surface area contributed by atoms with Crippen molar-refractivity contribution in [3.63, 3.8) is 0 Å². The Kier molecular flexibility index (Phi) is 6.72. The lowest BCUT2D eigenvalue weighted by molar-refractivity contribution is 0.503. The summed E-state index contributed by atoms with van der Waals surface area (Å²) in [6.45, 7) is 10.9. The summed E-state index contributed by atoms with van der Waals surface area (Å²) >= 11 is 0. The zero-order valence-electron chi connectivity index (χ0n) is 7.73. The minimum atomic E-state index is 0.370. The van der Waals surface area contributed by atoms with E-state index in [1.54, 1.807) is 0 Å². The van der Waals surface area contributed by atoms with Crippen LogP contribution in [0.25, 0.3) is 0 Å². The van der Waals surface area contributed by atoms with Crippen LogP contribution in [0.2, 0.25) is 0 Å². The predicted molar refractivity (Wildman–Crippen MR) is 47.3 cm³/mol. The highest BCUT2D eigenvalue weighted by Crippen LogP contribution is 2.23. The van der Waals surface area contributed by atoms with Crippen molar-refractivity contribution in [3.8, 4) is 0 Å². The van der Waals surface area contributed by atoms with E-state index >= 15 is 0 Å². The summed E-state index contributed by atoms with van der Waals surface area (Å²) in [6, 6.07) is 0. The normalized spacial score (nSPS) is 12.1. The van der Waals surface area contributed by atoms with Gasteiger partial charge in [0.2, 0.25) is 0 Å². The van der Waals surface area contributed by atoms with Crippen molar-refractivity contribution < 1.29 is 0 Å². The number of hydrogen-bond acceptors (Lipinski definition) is 2. The monoisotopic (exact) mass is 144 g/mol. The first kappa shape index (κ1) is 12.3. The van der Waals surface area contributed by atoms with Crippen LogP contribution in [0.5, 0.6) is 0 Å². The average molecular weight is 144 g/mol. The first-order chi connectivity index (χ1) is 4.48. The van der Waals surface area contributed by atoms with E-state index in [2.05, 4.69) is 52.4 Å². The van der Waals surface area contributed by atoms with E-state index in [0.717, 1.165) is 0 Å². The highest BCUT2D eigenvalue weighted by molar-refractivity contribution is 5.05. The maximum atomic E-state index is 4.00. The third kappa shape index (κ3) is 5.79. The molecule has 2 heteroatoms. The quantitative estimate of drug-likeness (QED) is 0.309. The van der Waals surface area contributed by atoms with Crippen LogP contribution in [-0.2, 0) is 0 Å². The minimum Gasteiger partial charge on any atom is -0.274 e. The third-order valence-corrected chi connectivity index (χ3v) is 1.62. The molecule has 62 valence electrons.